The zero-order valence-corrected chi connectivity index (χ0v) is 14.5. The molecule has 0 atom stereocenters. The van der Waals surface area contributed by atoms with Crippen LogP contribution in [0.4, 0.5) is 18.3 Å². The predicted molar refractivity (Wildman–Crippen MR) is 86.8 cm³/mol. The van der Waals surface area contributed by atoms with Gasteiger partial charge in [0, 0.05) is 17.7 Å². The Balaban J connectivity index is 2.21. The van der Waals surface area contributed by atoms with Gasteiger partial charge >= 0.3 is 6.18 Å². The van der Waals surface area contributed by atoms with E-state index in [2.05, 4.69) is 20.5 Å². The molecule has 130 valence electrons. The van der Waals surface area contributed by atoms with E-state index in [9.17, 15) is 13.2 Å². The number of methoxy groups -OCH3 is 1. The lowest BCUT2D eigenvalue weighted by atomic mass is 10.2. The molecule has 2 rings (SSSR count). The van der Waals surface area contributed by atoms with Crippen molar-refractivity contribution in [2.24, 2.45) is 0 Å². The second-order valence-corrected chi connectivity index (χ2v) is 6.15. The Kier molecular flexibility index (Phi) is 5.54. The molecule has 0 aromatic carbocycles. The van der Waals surface area contributed by atoms with E-state index in [0.29, 0.717) is 16.9 Å². The molecule has 6 nitrogen and oxygen atoms in total. The first kappa shape index (κ1) is 18.3. The van der Waals surface area contributed by atoms with Crippen LogP contribution in [0.2, 0.25) is 0 Å². The van der Waals surface area contributed by atoms with Crippen LogP contribution in [0, 0.1) is 0 Å². The van der Waals surface area contributed by atoms with E-state index < -0.39 is 11.2 Å². The van der Waals surface area contributed by atoms with Crippen LogP contribution in [-0.2, 0) is 6.18 Å². The van der Waals surface area contributed by atoms with Crippen LogP contribution in [0.15, 0.2) is 12.1 Å². The van der Waals surface area contributed by atoms with E-state index in [0.717, 1.165) is 0 Å². The van der Waals surface area contributed by atoms with Gasteiger partial charge in [-0.15, -0.1) is 10.2 Å². The van der Waals surface area contributed by atoms with Gasteiger partial charge in [0.1, 0.15) is 4.99 Å². The molecule has 1 N–H and O–H groups in total. The highest BCUT2D eigenvalue weighted by Gasteiger charge is 2.35. The van der Waals surface area contributed by atoms with E-state index in [4.69, 9.17) is 21.7 Å². The summed E-state index contributed by atoms with van der Waals surface area (Å²) in [6.07, 6.45) is -4.66. The zero-order valence-electron chi connectivity index (χ0n) is 12.8. The van der Waals surface area contributed by atoms with Crippen molar-refractivity contribution in [2.75, 3.05) is 12.4 Å². The number of hydrogen-bond donors (Lipinski definition) is 1. The van der Waals surface area contributed by atoms with Crippen molar-refractivity contribution in [1.29, 1.82) is 0 Å². The summed E-state index contributed by atoms with van der Waals surface area (Å²) in [6, 6.07) is 3.10. The highest BCUT2D eigenvalue weighted by Crippen LogP contribution is 2.33. The summed E-state index contributed by atoms with van der Waals surface area (Å²) in [5.74, 6) is 0.553. The molecule has 2 aromatic heterocycles. The number of ether oxygens (including phenoxy) is 2. The molecule has 0 aliphatic carbocycles. The number of hydrogen-bond acceptors (Lipinski definition) is 7. The lowest BCUT2D eigenvalue weighted by Gasteiger charge is -2.12. The first-order valence-electron chi connectivity index (χ1n) is 6.64. The fraction of sp³-hybridized carbons (Fsp3) is 0.385. The van der Waals surface area contributed by atoms with Gasteiger partial charge in [-0.3, -0.25) is 0 Å². The van der Waals surface area contributed by atoms with Crippen LogP contribution in [0.3, 0.4) is 0 Å². The van der Waals surface area contributed by atoms with Crippen molar-refractivity contribution in [2.45, 2.75) is 26.1 Å². The van der Waals surface area contributed by atoms with Gasteiger partial charge in [-0.2, -0.15) is 18.2 Å². The van der Waals surface area contributed by atoms with E-state index >= 15 is 0 Å². The molecule has 0 saturated carbocycles. The maximum atomic E-state index is 12.5. The molecule has 0 bridgehead atoms. The standard InChI is InChI=1S/C13H13F3N4O2S2/c1-6(2)22-9-5-7(4-8(17-9)21-3)10(23)18-12-20-19-11(24-12)13(14,15)16/h4-6H,1-3H3,(H,18,20,23). The number of nitrogens with zero attached hydrogens (tertiary/aromatic N) is 3. The fourth-order valence-electron chi connectivity index (χ4n) is 1.58. The number of alkyl halides is 3. The molecule has 0 aliphatic rings. The van der Waals surface area contributed by atoms with Gasteiger partial charge < -0.3 is 14.8 Å². The van der Waals surface area contributed by atoms with Gasteiger partial charge in [-0.05, 0) is 13.8 Å². The first-order chi connectivity index (χ1) is 11.2. The summed E-state index contributed by atoms with van der Waals surface area (Å²) < 4.78 is 48.2. The van der Waals surface area contributed by atoms with Crippen molar-refractivity contribution in [1.82, 2.24) is 15.2 Å². The number of rotatable bonds is 5. The third-order valence-electron chi connectivity index (χ3n) is 2.49. The summed E-state index contributed by atoms with van der Waals surface area (Å²) >= 11 is 5.56. The average Bonchev–Trinajstić information content (AvgIpc) is 2.94. The minimum Gasteiger partial charge on any atom is -0.481 e. The monoisotopic (exact) mass is 378 g/mol. The Morgan fingerprint density at radius 1 is 1.25 bits per heavy atom. The molecule has 0 aliphatic heterocycles. The van der Waals surface area contributed by atoms with Crippen LogP contribution >= 0.6 is 23.6 Å². The predicted octanol–water partition coefficient (Wildman–Crippen LogP) is 3.54. The van der Waals surface area contributed by atoms with Crippen molar-refractivity contribution < 1.29 is 22.6 Å². The third-order valence-corrected chi connectivity index (χ3v) is 3.72. The summed E-state index contributed by atoms with van der Waals surface area (Å²) in [7, 11) is 1.43. The van der Waals surface area contributed by atoms with Gasteiger partial charge in [0.2, 0.25) is 21.9 Å². The van der Waals surface area contributed by atoms with Crippen LogP contribution < -0.4 is 14.8 Å². The van der Waals surface area contributed by atoms with Gasteiger partial charge in [0.25, 0.3) is 0 Å². The van der Waals surface area contributed by atoms with E-state index in [1.54, 1.807) is 6.07 Å². The van der Waals surface area contributed by atoms with Crippen LogP contribution in [0.25, 0.3) is 0 Å². The molecule has 0 spiro atoms. The normalized spacial score (nSPS) is 11.5. The largest absolute Gasteiger partial charge is 0.481 e. The highest BCUT2D eigenvalue weighted by molar-refractivity contribution is 7.81. The molecule has 2 aromatic rings. The minimum absolute atomic E-state index is 0.0607. The Labute approximate surface area is 145 Å². The molecule has 0 saturated heterocycles. The van der Waals surface area contributed by atoms with Crippen LogP contribution in [0.1, 0.15) is 24.4 Å². The molecule has 0 fully saturated rings. The second kappa shape index (κ2) is 7.26. The zero-order chi connectivity index (χ0) is 17.9. The third kappa shape index (κ3) is 4.74. The molecular formula is C13H13F3N4O2S2. The van der Waals surface area contributed by atoms with Crippen LogP contribution in [0.5, 0.6) is 11.8 Å². The quantitative estimate of drug-likeness (QED) is 0.798. The molecule has 24 heavy (non-hydrogen) atoms. The molecule has 2 heterocycles. The number of anilines is 1. The maximum Gasteiger partial charge on any atom is 0.445 e. The van der Waals surface area contributed by atoms with Crippen molar-refractivity contribution in [3.63, 3.8) is 0 Å². The summed E-state index contributed by atoms with van der Waals surface area (Å²) in [6.45, 7) is 3.66. The van der Waals surface area contributed by atoms with Crippen molar-refractivity contribution in [3.05, 3.63) is 22.7 Å². The lowest BCUT2D eigenvalue weighted by Crippen LogP contribution is -2.13. The average molecular weight is 378 g/mol. The van der Waals surface area contributed by atoms with Crippen molar-refractivity contribution >= 4 is 33.7 Å². The highest BCUT2D eigenvalue weighted by atomic mass is 32.1. The van der Waals surface area contributed by atoms with Gasteiger partial charge in [-0.25, -0.2) is 0 Å². The summed E-state index contributed by atoms with van der Waals surface area (Å²) in [5, 5.41) is 8.03. The topological polar surface area (TPSA) is 69.2 Å². The van der Waals surface area contributed by atoms with Crippen LogP contribution in [-0.4, -0.2) is 33.4 Å². The SMILES string of the molecule is COc1cc(C(=S)Nc2nnc(C(F)(F)F)s2)cc(OC(C)C)n1. The van der Waals surface area contributed by atoms with Gasteiger partial charge in [0.05, 0.1) is 13.2 Å². The molecule has 0 amide bonds. The Bertz CT molecular complexity index is 734. The Morgan fingerprint density at radius 3 is 2.46 bits per heavy atom. The number of halogens is 3. The van der Waals surface area contributed by atoms with Crippen molar-refractivity contribution in [3.8, 4) is 11.8 Å². The molecular weight excluding hydrogens is 365 g/mol. The Hall–Kier alpha value is -2.01. The molecule has 0 unspecified atom stereocenters. The number of thiocarbonyl (C=S) groups is 1. The first-order valence-corrected chi connectivity index (χ1v) is 7.86. The minimum atomic E-state index is -4.54. The maximum absolute atomic E-state index is 12.5. The number of pyridine rings is 1. The molecule has 0 radical (unpaired) electrons. The van der Waals surface area contributed by atoms with E-state index in [1.165, 1.54) is 13.2 Å². The number of aromatic nitrogens is 3. The van der Waals surface area contributed by atoms with E-state index in [-0.39, 0.29) is 28.0 Å². The fourth-order valence-corrected chi connectivity index (χ4v) is 2.47. The summed E-state index contributed by atoms with van der Waals surface area (Å²) in [4.78, 5) is 4.26. The Morgan fingerprint density at radius 2 is 1.92 bits per heavy atom. The van der Waals surface area contributed by atoms with E-state index in [1.807, 2.05) is 13.8 Å². The second-order valence-electron chi connectivity index (χ2n) is 4.77. The summed E-state index contributed by atoms with van der Waals surface area (Å²) in [5.41, 5.74) is 0.469. The lowest BCUT2D eigenvalue weighted by molar-refractivity contribution is -0.138. The molecule has 11 heteroatoms. The smallest absolute Gasteiger partial charge is 0.445 e. The number of nitrogens with one attached hydrogen (secondary N) is 1. The van der Waals surface area contributed by atoms with Gasteiger partial charge in [0.15, 0.2) is 0 Å². The van der Waals surface area contributed by atoms with Gasteiger partial charge in [-0.1, -0.05) is 23.6 Å².